The van der Waals surface area contributed by atoms with Gasteiger partial charge in [0.25, 0.3) is 0 Å². The molecule has 1 aromatic rings. The van der Waals surface area contributed by atoms with Crippen LogP contribution in [0.25, 0.3) is 0 Å². The standard InChI is InChI=1S/C12H17BrClNOS/c1-9(17(2)16)5-6-15-8-10-3-4-12(14)11(13)7-10/h3-4,7,9,15H,5-6,8H2,1-2H3. The number of halogens is 2. The Balaban J connectivity index is 2.31. The molecule has 96 valence electrons. The average molecular weight is 339 g/mol. The lowest BCUT2D eigenvalue weighted by Crippen LogP contribution is -2.20. The zero-order valence-electron chi connectivity index (χ0n) is 10.0. The molecule has 2 atom stereocenters. The van der Waals surface area contributed by atoms with Crippen molar-refractivity contribution in [3.05, 3.63) is 33.3 Å². The number of nitrogens with one attached hydrogen (secondary N) is 1. The molecular formula is C12H17BrClNOS. The fraction of sp³-hybridized carbons (Fsp3) is 0.500. The third-order valence-corrected chi connectivity index (χ3v) is 5.19. The van der Waals surface area contributed by atoms with E-state index in [9.17, 15) is 4.21 Å². The van der Waals surface area contributed by atoms with Crippen LogP contribution in [0.4, 0.5) is 0 Å². The normalized spacial score (nSPS) is 14.6. The fourth-order valence-corrected chi connectivity index (χ4v) is 2.35. The Kier molecular flexibility index (Phi) is 6.70. The number of rotatable bonds is 6. The van der Waals surface area contributed by atoms with E-state index in [1.54, 1.807) is 6.26 Å². The maximum Gasteiger partial charge on any atom is 0.0548 e. The van der Waals surface area contributed by atoms with E-state index in [2.05, 4.69) is 21.2 Å². The van der Waals surface area contributed by atoms with Crippen LogP contribution in [0, 0.1) is 0 Å². The van der Waals surface area contributed by atoms with Gasteiger partial charge in [0.1, 0.15) is 0 Å². The molecule has 1 rings (SSSR count). The van der Waals surface area contributed by atoms with Crippen LogP contribution in [0.15, 0.2) is 22.7 Å². The zero-order valence-corrected chi connectivity index (χ0v) is 13.2. The molecule has 0 aliphatic carbocycles. The van der Waals surface area contributed by atoms with E-state index in [4.69, 9.17) is 11.6 Å². The molecule has 2 unspecified atom stereocenters. The third-order valence-electron chi connectivity index (χ3n) is 2.61. The number of hydrogen-bond acceptors (Lipinski definition) is 2. The third kappa shape index (κ3) is 5.51. The Labute approximate surface area is 119 Å². The van der Waals surface area contributed by atoms with Gasteiger partial charge in [0.05, 0.1) is 5.02 Å². The van der Waals surface area contributed by atoms with Crippen molar-refractivity contribution in [2.45, 2.75) is 25.1 Å². The Morgan fingerprint density at radius 3 is 2.82 bits per heavy atom. The summed E-state index contributed by atoms with van der Waals surface area (Å²) in [5.74, 6) is 0. The summed E-state index contributed by atoms with van der Waals surface area (Å²) in [5, 5.41) is 4.31. The van der Waals surface area contributed by atoms with Crippen molar-refractivity contribution in [2.75, 3.05) is 12.8 Å². The van der Waals surface area contributed by atoms with Crippen LogP contribution in [0.5, 0.6) is 0 Å². The summed E-state index contributed by atoms with van der Waals surface area (Å²) in [4.78, 5) is 0. The molecule has 17 heavy (non-hydrogen) atoms. The lowest BCUT2D eigenvalue weighted by molar-refractivity contribution is 0.629. The van der Waals surface area contributed by atoms with Crippen LogP contribution in [0.3, 0.4) is 0 Å². The van der Waals surface area contributed by atoms with Crippen LogP contribution in [-0.2, 0) is 17.3 Å². The van der Waals surface area contributed by atoms with Gasteiger partial charge in [-0.2, -0.15) is 0 Å². The molecule has 1 aromatic carbocycles. The number of benzene rings is 1. The van der Waals surface area contributed by atoms with E-state index in [0.717, 1.165) is 29.0 Å². The van der Waals surface area contributed by atoms with Gasteiger partial charge in [-0.05, 0) is 46.6 Å². The van der Waals surface area contributed by atoms with Crippen molar-refractivity contribution in [1.29, 1.82) is 0 Å². The van der Waals surface area contributed by atoms with Gasteiger partial charge in [-0.15, -0.1) is 0 Å². The second-order valence-electron chi connectivity index (χ2n) is 4.02. The first-order valence-corrected chi connectivity index (χ1v) is 8.27. The number of hydrogen-bond donors (Lipinski definition) is 1. The molecule has 0 radical (unpaired) electrons. The first-order chi connectivity index (χ1) is 8.00. The van der Waals surface area contributed by atoms with Crippen LogP contribution in [0.2, 0.25) is 5.02 Å². The molecule has 0 spiro atoms. The van der Waals surface area contributed by atoms with Gasteiger partial charge in [0, 0.05) is 33.3 Å². The minimum atomic E-state index is -0.730. The first kappa shape index (κ1) is 15.2. The predicted octanol–water partition coefficient (Wildman–Crippen LogP) is 3.35. The summed E-state index contributed by atoms with van der Waals surface area (Å²) >= 11 is 9.31. The monoisotopic (exact) mass is 337 g/mol. The van der Waals surface area contributed by atoms with Gasteiger partial charge in [0.2, 0.25) is 0 Å². The quantitative estimate of drug-likeness (QED) is 0.806. The van der Waals surface area contributed by atoms with Gasteiger partial charge < -0.3 is 5.32 Å². The summed E-state index contributed by atoms with van der Waals surface area (Å²) in [6.07, 6.45) is 2.68. The second-order valence-corrected chi connectivity index (χ2v) is 7.09. The Hall–Kier alpha value is 0.1000. The molecule has 0 amide bonds. The van der Waals surface area contributed by atoms with Crippen LogP contribution in [0.1, 0.15) is 18.9 Å². The molecule has 0 fully saturated rings. The Bertz CT molecular complexity index is 400. The predicted molar refractivity (Wildman–Crippen MR) is 79.0 cm³/mol. The molecule has 5 heteroatoms. The topological polar surface area (TPSA) is 29.1 Å². The summed E-state index contributed by atoms with van der Waals surface area (Å²) in [6, 6.07) is 5.89. The van der Waals surface area contributed by atoms with Gasteiger partial charge in [-0.1, -0.05) is 24.6 Å². The average Bonchev–Trinajstić information content (AvgIpc) is 2.28. The van der Waals surface area contributed by atoms with Crippen molar-refractivity contribution >= 4 is 38.3 Å². The highest BCUT2D eigenvalue weighted by Gasteiger charge is 2.05. The SMILES string of the molecule is CC(CCNCc1ccc(Cl)c(Br)c1)S(C)=O. The molecule has 0 heterocycles. The molecule has 2 nitrogen and oxygen atoms in total. The van der Waals surface area contributed by atoms with Gasteiger partial charge >= 0.3 is 0 Å². The maximum absolute atomic E-state index is 11.2. The van der Waals surface area contributed by atoms with Crippen molar-refractivity contribution in [3.8, 4) is 0 Å². The summed E-state index contributed by atoms with van der Waals surface area (Å²) in [7, 11) is -0.730. The van der Waals surface area contributed by atoms with Gasteiger partial charge in [0.15, 0.2) is 0 Å². The van der Waals surface area contributed by atoms with E-state index in [1.165, 1.54) is 5.56 Å². The van der Waals surface area contributed by atoms with Crippen molar-refractivity contribution in [3.63, 3.8) is 0 Å². The minimum absolute atomic E-state index is 0.249. The van der Waals surface area contributed by atoms with Crippen molar-refractivity contribution in [2.24, 2.45) is 0 Å². The maximum atomic E-state index is 11.2. The minimum Gasteiger partial charge on any atom is -0.313 e. The smallest absolute Gasteiger partial charge is 0.0548 e. The molecule has 0 aromatic heterocycles. The largest absolute Gasteiger partial charge is 0.313 e. The zero-order chi connectivity index (χ0) is 12.8. The Morgan fingerprint density at radius 1 is 1.53 bits per heavy atom. The molecule has 0 saturated carbocycles. The molecule has 1 N–H and O–H groups in total. The molecule has 0 bridgehead atoms. The molecule has 0 aliphatic heterocycles. The van der Waals surface area contributed by atoms with E-state index in [-0.39, 0.29) is 5.25 Å². The fourth-order valence-electron chi connectivity index (χ4n) is 1.35. The highest BCUT2D eigenvalue weighted by Crippen LogP contribution is 2.23. The van der Waals surface area contributed by atoms with Crippen LogP contribution < -0.4 is 5.32 Å². The summed E-state index contributed by atoms with van der Waals surface area (Å²) in [5.41, 5.74) is 1.19. The first-order valence-electron chi connectivity index (χ1n) is 5.47. The summed E-state index contributed by atoms with van der Waals surface area (Å²) < 4.78 is 12.1. The van der Waals surface area contributed by atoms with Gasteiger partial charge in [-0.3, -0.25) is 4.21 Å². The van der Waals surface area contributed by atoms with E-state index in [1.807, 2.05) is 25.1 Å². The lowest BCUT2D eigenvalue weighted by Gasteiger charge is -2.09. The van der Waals surface area contributed by atoms with Crippen molar-refractivity contribution < 1.29 is 4.21 Å². The lowest BCUT2D eigenvalue weighted by atomic mass is 10.2. The summed E-state index contributed by atoms with van der Waals surface area (Å²) in [6.45, 7) is 3.69. The second kappa shape index (κ2) is 7.52. The van der Waals surface area contributed by atoms with Gasteiger partial charge in [-0.25, -0.2) is 0 Å². The van der Waals surface area contributed by atoms with Crippen molar-refractivity contribution in [1.82, 2.24) is 5.32 Å². The Morgan fingerprint density at radius 2 is 2.24 bits per heavy atom. The molecular weight excluding hydrogens is 322 g/mol. The highest BCUT2D eigenvalue weighted by molar-refractivity contribution is 9.10. The highest BCUT2D eigenvalue weighted by atomic mass is 79.9. The van der Waals surface area contributed by atoms with E-state index in [0.29, 0.717) is 0 Å². The van der Waals surface area contributed by atoms with Crippen LogP contribution >= 0.6 is 27.5 Å². The van der Waals surface area contributed by atoms with E-state index < -0.39 is 10.8 Å². The van der Waals surface area contributed by atoms with E-state index >= 15 is 0 Å². The van der Waals surface area contributed by atoms with Crippen LogP contribution in [-0.4, -0.2) is 22.3 Å². The molecule has 0 aliphatic rings. The molecule has 0 saturated heterocycles.